The average molecular weight is 1220 g/mol. The van der Waals surface area contributed by atoms with Crippen molar-refractivity contribution in [3.8, 4) is 0 Å². The van der Waals surface area contributed by atoms with Gasteiger partial charge in [0.05, 0.1) is 18.8 Å². The van der Waals surface area contributed by atoms with E-state index < -0.39 is 150 Å². The summed E-state index contributed by atoms with van der Waals surface area (Å²) >= 11 is 0. The summed E-state index contributed by atoms with van der Waals surface area (Å²) in [6.07, 6.45) is 0.253. The molecule has 11 amide bonds. The van der Waals surface area contributed by atoms with Crippen molar-refractivity contribution in [1.82, 2.24) is 55.6 Å². The number of ether oxygens (including phenoxy) is 1. The van der Waals surface area contributed by atoms with Crippen LogP contribution in [0.15, 0.2) is 0 Å². The summed E-state index contributed by atoms with van der Waals surface area (Å²) < 4.78 is 6.63. The fourth-order valence-electron chi connectivity index (χ4n) is 11.6. The van der Waals surface area contributed by atoms with Crippen LogP contribution in [-0.4, -0.2) is 228 Å². The summed E-state index contributed by atoms with van der Waals surface area (Å²) in [6, 6.07) is -11.7. The van der Waals surface area contributed by atoms with Crippen molar-refractivity contribution < 1.29 is 57.5 Å². The van der Waals surface area contributed by atoms with E-state index in [1.54, 1.807) is 34.6 Å². The van der Waals surface area contributed by atoms with Crippen LogP contribution < -0.4 is 21.3 Å². The van der Waals surface area contributed by atoms with Crippen LogP contribution in [-0.2, 0) is 57.5 Å². The third-order valence-corrected chi connectivity index (χ3v) is 17.0. The number of nitrogens with zero attached hydrogens (tertiary/aromatic N) is 7. The van der Waals surface area contributed by atoms with E-state index in [4.69, 9.17) is 4.74 Å². The van der Waals surface area contributed by atoms with Crippen molar-refractivity contribution in [2.75, 3.05) is 55.9 Å². The molecule has 2 aliphatic rings. The van der Waals surface area contributed by atoms with E-state index in [1.165, 1.54) is 97.5 Å². The van der Waals surface area contributed by atoms with Crippen molar-refractivity contribution in [2.45, 2.75) is 236 Å². The minimum Gasteiger partial charge on any atom is -0.372 e. The first-order valence-electron chi connectivity index (χ1n) is 31.4. The molecule has 2 saturated heterocycles. The summed E-state index contributed by atoms with van der Waals surface area (Å²) in [5.41, 5.74) is 0. The standard InChI is InChI=1S/C63H113N11O12/c1-26-43-59(81)68(19)32-49(75)69(20)44(27-33(2)3)56(78)67-50(38(12)13)62(84)70(21)45(28-34(4)5)55(77)64-41(17)54(76)65-42(18)58(80)71(22)46(29-35(6)7)60(82)72(23)47(30-36(8)9)61(83)73(24)51(39(14)15)63(85)74(25)52(57(79)66-43)53-40(16)31-48(86-53)37(10)11/h33-48,50-53H,26-32H2,1-25H3,(H,64,77)(H,65,76)(H,66,79)(H,67,78)/t40-,41+,42-,43+,44+,45+,46+,47+,48?,50+,51+,52+,53-/m1/s1. The number of rotatable bonds is 13. The third kappa shape index (κ3) is 20.1. The Bertz CT molecular complexity index is 2360. The van der Waals surface area contributed by atoms with Gasteiger partial charge < -0.3 is 60.3 Å². The van der Waals surface area contributed by atoms with E-state index in [-0.39, 0.29) is 73.7 Å². The second kappa shape index (κ2) is 33.5. The number of carbonyl (C=O) groups is 11. The molecular formula is C63H113N11O12. The Hall–Kier alpha value is -5.87. The summed E-state index contributed by atoms with van der Waals surface area (Å²) in [6.45, 7) is 32.1. The van der Waals surface area contributed by atoms with Crippen LogP contribution in [0.1, 0.15) is 163 Å². The van der Waals surface area contributed by atoms with E-state index >= 15 is 19.2 Å². The molecular weight excluding hydrogens is 1100 g/mol. The van der Waals surface area contributed by atoms with Gasteiger partial charge in [-0.3, -0.25) is 52.7 Å². The van der Waals surface area contributed by atoms with Crippen LogP contribution in [0.4, 0.5) is 0 Å². The molecule has 0 aliphatic carbocycles. The Kier molecular flexibility index (Phi) is 29.7. The van der Waals surface area contributed by atoms with E-state index in [0.29, 0.717) is 6.42 Å². The lowest BCUT2D eigenvalue weighted by Gasteiger charge is -2.41. The molecule has 23 heteroatoms. The minimum absolute atomic E-state index is 0.0563. The van der Waals surface area contributed by atoms with Gasteiger partial charge in [0.2, 0.25) is 65.0 Å². The first kappa shape index (κ1) is 76.2. The molecule has 4 N–H and O–H groups in total. The SMILES string of the molecule is CC[C@@H]1NC(=O)[C@H]([C@@H]2OC(C(C)C)C[C@H]2C)N(C)C(=O)[C@H](C(C)C)N(C)C(=O)[C@H](CC(C)C)N(C)C(=O)[C@H](CC(C)C)N(C)C(=O)[C@@H](C)NC(=O)[C@H](C)NC(=O)[C@H](CC(C)C)N(C)C(=O)[C@H](C(C)C)NC(=O)[C@H](CC(C)C)N(C)C(=O)CN(C)C1=O. The zero-order valence-electron chi connectivity index (χ0n) is 57.0. The van der Waals surface area contributed by atoms with Crippen LogP contribution in [0.25, 0.3) is 0 Å². The Labute approximate surface area is 515 Å². The van der Waals surface area contributed by atoms with Gasteiger partial charge >= 0.3 is 0 Å². The van der Waals surface area contributed by atoms with Gasteiger partial charge in [-0.05, 0) is 99.7 Å². The lowest BCUT2D eigenvalue weighted by atomic mass is 9.91. The van der Waals surface area contributed by atoms with Gasteiger partial charge in [0, 0.05) is 49.3 Å². The highest BCUT2D eigenvalue weighted by Gasteiger charge is 2.49. The first-order valence-corrected chi connectivity index (χ1v) is 31.4. The molecule has 492 valence electrons. The Morgan fingerprint density at radius 3 is 1.30 bits per heavy atom. The van der Waals surface area contributed by atoms with E-state index in [2.05, 4.69) is 21.3 Å². The molecule has 0 aromatic rings. The van der Waals surface area contributed by atoms with Gasteiger partial charge in [0.1, 0.15) is 60.4 Å². The van der Waals surface area contributed by atoms with E-state index in [9.17, 15) is 33.6 Å². The normalized spacial score (nSPS) is 29.5. The van der Waals surface area contributed by atoms with Crippen LogP contribution in [0.5, 0.6) is 0 Å². The van der Waals surface area contributed by atoms with Gasteiger partial charge in [-0.25, -0.2) is 0 Å². The largest absolute Gasteiger partial charge is 0.372 e. The average Bonchev–Trinajstić information content (AvgIpc) is 1.65. The summed E-state index contributed by atoms with van der Waals surface area (Å²) in [4.78, 5) is 170. The molecule has 2 heterocycles. The van der Waals surface area contributed by atoms with Crippen molar-refractivity contribution in [3.63, 3.8) is 0 Å². The molecule has 86 heavy (non-hydrogen) atoms. The number of likely N-dealkylation sites (N-methyl/N-ethyl adjacent to an activating group) is 7. The minimum atomic E-state index is -1.31. The van der Waals surface area contributed by atoms with E-state index in [1.807, 2.05) is 76.2 Å². The molecule has 2 fully saturated rings. The molecule has 0 spiro atoms. The highest BCUT2D eigenvalue weighted by molar-refractivity contribution is 5.99. The fourth-order valence-corrected chi connectivity index (χ4v) is 11.6. The molecule has 0 radical (unpaired) electrons. The fraction of sp³-hybridized carbons (Fsp3) is 0.825. The first-order chi connectivity index (χ1) is 39.6. The zero-order valence-corrected chi connectivity index (χ0v) is 57.0. The van der Waals surface area contributed by atoms with Crippen molar-refractivity contribution in [2.24, 2.45) is 47.3 Å². The molecule has 23 nitrogen and oxygen atoms in total. The number of nitrogens with one attached hydrogen (secondary N) is 4. The molecule has 0 aromatic heterocycles. The van der Waals surface area contributed by atoms with Crippen molar-refractivity contribution in [3.05, 3.63) is 0 Å². The number of carbonyl (C=O) groups excluding carboxylic acids is 11. The topological polar surface area (TPSA) is 268 Å². The zero-order chi connectivity index (χ0) is 66.4. The van der Waals surface area contributed by atoms with Crippen molar-refractivity contribution in [1.29, 1.82) is 0 Å². The lowest BCUT2D eigenvalue weighted by Crippen LogP contribution is -2.63. The molecule has 13 atom stereocenters. The van der Waals surface area contributed by atoms with Gasteiger partial charge in [0.25, 0.3) is 0 Å². The van der Waals surface area contributed by atoms with Crippen LogP contribution >= 0.6 is 0 Å². The quantitative estimate of drug-likeness (QED) is 0.206. The van der Waals surface area contributed by atoms with Gasteiger partial charge in [-0.2, -0.15) is 0 Å². The Morgan fingerprint density at radius 2 is 0.860 bits per heavy atom. The van der Waals surface area contributed by atoms with Gasteiger partial charge in [-0.15, -0.1) is 0 Å². The van der Waals surface area contributed by atoms with Gasteiger partial charge in [0.15, 0.2) is 0 Å². The number of hydrogen-bond donors (Lipinski definition) is 4. The Balaban J connectivity index is 2.97. The number of hydrogen-bond acceptors (Lipinski definition) is 12. The maximum Gasteiger partial charge on any atom is 0.246 e. The third-order valence-electron chi connectivity index (χ3n) is 17.0. The summed E-state index contributed by atoms with van der Waals surface area (Å²) in [5, 5.41) is 11.2. The maximum atomic E-state index is 15.3. The molecule has 2 rings (SSSR count). The smallest absolute Gasteiger partial charge is 0.246 e. The molecule has 0 bridgehead atoms. The van der Waals surface area contributed by atoms with Crippen molar-refractivity contribution >= 4 is 65.0 Å². The van der Waals surface area contributed by atoms with E-state index in [0.717, 1.165) is 0 Å². The Morgan fingerprint density at radius 1 is 0.430 bits per heavy atom. The summed E-state index contributed by atoms with van der Waals surface area (Å²) in [5.74, 6) is -8.60. The molecule has 2 aliphatic heterocycles. The van der Waals surface area contributed by atoms with Gasteiger partial charge in [-0.1, -0.05) is 111 Å². The van der Waals surface area contributed by atoms with Crippen LogP contribution in [0.3, 0.4) is 0 Å². The highest BCUT2D eigenvalue weighted by atomic mass is 16.5. The molecule has 0 aromatic carbocycles. The predicted molar refractivity (Wildman–Crippen MR) is 331 cm³/mol. The molecule has 0 saturated carbocycles. The maximum absolute atomic E-state index is 15.3. The second-order valence-corrected chi connectivity index (χ2v) is 27.4. The van der Waals surface area contributed by atoms with Crippen LogP contribution in [0.2, 0.25) is 0 Å². The predicted octanol–water partition coefficient (Wildman–Crippen LogP) is 3.76. The second-order valence-electron chi connectivity index (χ2n) is 27.4. The summed E-state index contributed by atoms with van der Waals surface area (Å²) in [7, 11) is 10.2. The number of amides is 11. The monoisotopic (exact) mass is 1220 g/mol. The lowest BCUT2D eigenvalue weighted by molar-refractivity contribution is -0.158. The highest BCUT2D eigenvalue weighted by Crippen LogP contribution is 2.35. The molecule has 1 unspecified atom stereocenters. The van der Waals surface area contributed by atoms with Crippen LogP contribution in [0, 0.1) is 47.3 Å².